The van der Waals surface area contributed by atoms with Crippen molar-refractivity contribution in [3.8, 4) is 0 Å². The predicted octanol–water partition coefficient (Wildman–Crippen LogP) is 2.07. The highest BCUT2D eigenvalue weighted by Gasteiger charge is 2.68. The molecule has 0 spiro atoms. The molecule has 0 saturated carbocycles. The minimum absolute atomic E-state index is 0.0708. The van der Waals surface area contributed by atoms with Crippen molar-refractivity contribution in [2.24, 2.45) is 0 Å². The molecule has 5 rings (SSSR count). The lowest BCUT2D eigenvalue weighted by atomic mass is 9.77. The highest BCUT2D eigenvalue weighted by atomic mass is 16.6. The number of nitrogens with zero attached hydrogens (tertiary/aromatic N) is 1. The van der Waals surface area contributed by atoms with Gasteiger partial charge in [0.25, 0.3) is 5.56 Å². The average Bonchev–Trinajstić information content (AvgIpc) is 3.15. The van der Waals surface area contributed by atoms with Gasteiger partial charge in [0.15, 0.2) is 6.23 Å². The average molecular weight is 495 g/mol. The van der Waals surface area contributed by atoms with Gasteiger partial charge in [0.1, 0.15) is 17.3 Å². The van der Waals surface area contributed by atoms with Crippen LogP contribution in [-0.2, 0) is 32.2 Å². The van der Waals surface area contributed by atoms with E-state index in [9.17, 15) is 14.7 Å². The van der Waals surface area contributed by atoms with E-state index >= 15 is 0 Å². The number of ether oxygens (including phenoxy) is 4. The summed E-state index contributed by atoms with van der Waals surface area (Å²) in [7, 11) is 0. The molecule has 3 aromatic rings. The van der Waals surface area contributed by atoms with Crippen LogP contribution >= 0.6 is 0 Å². The quantitative estimate of drug-likeness (QED) is 0.493. The van der Waals surface area contributed by atoms with E-state index in [1.165, 1.54) is 10.8 Å². The largest absolute Gasteiger partial charge is 0.385 e. The summed E-state index contributed by atoms with van der Waals surface area (Å²) in [5.74, 6) is 0. The van der Waals surface area contributed by atoms with Crippen molar-refractivity contribution in [2.45, 2.75) is 50.1 Å². The number of hydrogen-bond acceptors (Lipinski definition) is 7. The van der Waals surface area contributed by atoms with E-state index in [4.69, 9.17) is 18.9 Å². The molecule has 0 amide bonds. The molecule has 2 saturated heterocycles. The summed E-state index contributed by atoms with van der Waals surface area (Å²) >= 11 is 0. The molecule has 3 heterocycles. The fraction of sp³-hybridized carbons (Fsp3) is 0.407. The summed E-state index contributed by atoms with van der Waals surface area (Å²) in [5, 5.41) is 11.7. The maximum Gasteiger partial charge on any atom is 0.330 e. The van der Waals surface area contributed by atoms with Gasteiger partial charge in [-0.15, -0.1) is 0 Å². The maximum atomic E-state index is 12.7. The minimum atomic E-state index is -1.23. The molecular formula is C27H30N2O7. The summed E-state index contributed by atoms with van der Waals surface area (Å²) in [6, 6.07) is 19.4. The van der Waals surface area contributed by atoms with Crippen LogP contribution in [-0.4, -0.2) is 51.8 Å². The van der Waals surface area contributed by atoms with E-state index in [2.05, 4.69) is 4.98 Å². The number of rotatable bonds is 8. The molecular weight excluding hydrogens is 464 g/mol. The fourth-order valence-corrected chi connectivity index (χ4v) is 5.05. The van der Waals surface area contributed by atoms with E-state index in [1.54, 1.807) is 6.92 Å². The number of aromatic nitrogens is 2. The van der Waals surface area contributed by atoms with E-state index < -0.39 is 34.8 Å². The van der Waals surface area contributed by atoms with Gasteiger partial charge >= 0.3 is 5.69 Å². The van der Waals surface area contributed by atoms with Gasteiger partial charge in [-0.25, -0.2) is 4.79 Å². The Balaban J connectivity index is 1.50. The number of aromatic amines is 1. The number of benzene rings is 2. The Hall–Kier alpha value is -3.08. The van der Waals surface area contributed by atoms with Gasteiger partial charge in [-0.2, -0.15) is 0 Å². The molecule has 4 atom stereocenters. The molecule has 0 bridgehead atoms. The number of fused-ring (bicyclic) bond motifs is 1. The number of aliphatic hydroxyl groups excluding tert-OH is 1. The smallest absolute Gasteiger partial charge is 0.330 e. The molecule has 0 radical (unpaired) electrons. The lowest BCUT2D eigenvalue weighted by molar-refractivity contribution is -0.255. The lowest BCUT2D eigenvalue weighted by Gasteiger charge is -2.47. The Bertz CT molecular complexity index is 1290. The van der Waals surface area contributed by atoms with Crippen LogP contribution < -0.4 is 11.2 Å². The molecule has 1 aromatic heterocycles. The second-order valence-electron chi connectivity index (χ2n) is 9.37. The van der Waals surface area contributed by atoms with Crippen molar-refractivity contribution < 1.29 is 24.1 Å². The third kappa shape index (κ3) is 4.44. The standard InChI is InChI=1S/C27H30N2O7/c1-19-14-29(25(32)28-23(19)31)24-22(30)27(35-16-21-10-6-3-7-11-21)12-13-33-17-26(27,36-24)18-34-15-20-8-4-2-5-9-20/h2-11,14,22,24,30H,12-13,15-18H2,1H3,(H,28,31,32)/t22-,24+,26+,27-/m0/s1. The zero-order valence-electron chi connectivity index (χ0n) is 20.1. The van der Waals surface area contributed by atoms with Crippen LogP contribution in [0.4, 0.5) is 0 Å². The van der Waals surface area contributed by atoms with Crippen molar-refractivity contribution in [2.75, 3.05) is 19.8 Å². The minimum Gasteiger partial charge on any atom is -0.385 e. The zero-order chi connectivity index (χ0) is 25.2. The Kier molecular flexibility index (Phi) is 6.92. The van der Waals surface area contributed by atoms with Crippen LogP contribution in [0, 0.1) is 6.92 Å². The van der Waals surface area contributed by atoms with Gasteiger partial charge in [0, 0.05) is 24.8 Å². The van der Waals surface area contributed by atoms with E-state index in [-0.39, 0.29) is 19.8 Å². The van der Waals surface area contributed by atoms with Gasteiger partial charge in [0.2, 0.25) is 0 Å². The Morgan fingerprint density at radius 3 is 2.42 bits per heavy atom. The zero-order valence-corrected chi connectivity index (χ0v) is 20.1. The summed E-state index contributed by atoms with van der Waals surface area (Å²) < 4.78 is 26.1. The van der Waals surface area contributed by atoms with Crippen LogP contribution in [0.15, 0.2) is 76.4 Å². The third-order valence-corrected chi connectivity index (χ3v) is 7.02. The molecule has 2 aliphatic rings. The highest BCUT2D eigenvalue weighted by molar-refractivity contribution is 5.19. The summed E-state index contributed by atoms with van der Waals surface area (Å²) in [4.78, 5) is 27.0. The molecule has 190 valence electrons. The Morgan fingerprint density at radius 2 is 1.72 bits per heavy atom. The first kappa shape index (κ1) is 24.6. The Labute approximate surface area is 208 Å². The number of H-pyrrole nitrogens is 1. The summed E-state index contributed by atoms with van der Waals surface area (Å²) in [6.45, 7) is 2.68. The highest BCUT2D eigenvalue weighted by Crippen LogP contribution is 2.51. The predicted molar refractivity (Wildman–Crippen MR) is 130 cm³/mol. The summed E-state index contributed by atoms with van der Waals surface area (Å²) in [5.41, 5.74) is -1.32. The monoisotopic (exact) mass is 494 g/mol. The number of aryl methyl sites for hydroxylation is 1. The van der Waals surface area contributed by atoms with Crippen LogP contribution in [0.5, 0.6) is 0 Å². The molecule has 9 nitrogen and oxygen atoms in total. The van der Waals surface area contributed by atoms with Gasteiger partial charge in [-0.3, -0.25) is 14.3 Å². The van der Waals surface area contributed by atoms with Crippen molar-refractivity contribution in [1.82, 2.24) is 9.55 Å². The second-order valence-corrected chi connectivity index (χ2v) is 9.37. The fourth-order valence-electron chi connectivity index (χ4n) is 5.05. The molecule has 0 aliphatic carbocycles. The normalized spacial score (nSPS) is 27.6. The molecule has 0 unspecified atom stereocenters. The molecule has 9 heteroatoms. The molecule has 2 N–H and O–H groups in total. The first-order valence-corrected chi connectivity index (χ1v) is 12.0. The van der Waals surface area contributed by atoms with Crippen molar-refractivity contribution in [3.63, 3.8) is 0 Å². The first-order valence-electron chi connectivity index (χ1n) is 12.0. The Morgan fingerprint density at radius 1 is 1.06 bits per heavy atom. The maximum absolute atomic E-state index is 12.7. The first-order chi connectivity index (χ1) is 17.4. The topological polar surface area (TPSA) is 112 Å². The lowest BCUT2D eigenvalue weighted by Crippen LogP contribution is -2.65. The number of hydrogen-bond donors (Lipinski definition) is 2. The summed E-state index contributed by atoms with van der Waals surface area (Å²) in [6.07, 6.45) is -0.598. The van der Waals surface area contributed by atoms with Crippen molar-refractivity contribution in [1.29, 1.82) is 0 Å². The molecule has 36 heavy (non-hydrogen) atoms. The van der Waals surface area contributed by atoms with Gasteiger partial charge in [0.05, 0.1) is 26.4 Å². The second kappa shape index (κ2) is 10.1. The SMILES string of the molecule is Cc1cn([C@@H]2O[C@@]3(COCc4ccccc4)COCC[C@]3(OCc3ccccc3)[C@H]2O)c(=O)[nH]c1=O. The van der Waals surface area contributed by atoms with Gasteiger partial charge in [-0.05, 0) is 18.1 Å². The molecule has 2 aromatic carbocycles. The van der Waals surface area contributed by atoms with Crippen LogP contribution in [0.1, 0.15) is 29.3 Å². The van der Waals surface area contributed by atoms with Crippen LogP contribution in [0.25, 0.3) is 0 Å². The van der Waals surface area contributed by atoms with Gasteiger partial charge in [-0.1, -0.05) is 60.7 Å². The molecule has 2 aliphatic heterocycles. The number of aliphatic hydroxyl groups is 1. The number of nitrogens with one attached hydrogen (secondary N) is 1. The van der Waals surface area contributed by atoms with E-state index in [0.717, 1.165) is 11.1 Å². The van der Waals surface area contributed by atoms with Crippen LogP contribution in [0.3, 0.4) is 0 Å². The van der Waals surface area contributed by atoms with Crippen LogP contribution in [0.2, 0.25) is 0 Å². The van der Waals surface area contributed by atoms with E-state index in [1.807, 2.05) is 60.7 Å². The van der Waals surface area contributed by atoms with Gasteiger partial charge < -0.3 is 24.1 Å². The van der Waals surface area contributed by atoms with Crippen molar-refractivity contribution >= 4 is 0 Å². The van der Waals surface area contributed by atoms with Crippen molar-refractivity contribution in [3.05, 3.63) is 104 Å². The third-order valence-electron chi connectivity index (χ3n) is 7.02. The van der Waals surface area contributed by atoms with E-state index in [0.29, 0.717) is 25.2 Å². The molecule has 2 fully saturated rings.